The highest BCUT2D eigenvalue weighted by Gasteiger charge is 2.13. The van der Waals surface area contributed by atoms with E-state index in [2.05, 4.69) is 4.98 Å². The molecule has 0 unspecified atom stereocenters. The van der Waals surface area contributed by atoms with Crippen LogP contribution >= 0.6 is 23.4 Å². The molecule has 0 saturated carbocycles. The molecule has 0 aliphatic carbocycles. The molecule has 0 aliphatic rings. The summed E-state index contributed by atoms with van der Waals surface area (Å²) in [5, 5.41) is 10.1. The van der Waals surface area contributed by atoms with Gasteiger partial charge in [-0.15, -0.1) is 0 Å². The number of thioether (sulfide) groups is 1. The number of hydrogen-bond donors (Lipinski definition) is 1. The Bertz CT molecular complexity index is 615. The summed E-state index contributed by atoms with van der Waals surface area (Å²) >= 11 is 7.16. The van der Waals surface area contributed by atoms with Gasteiger partial charge in [0, 0.05) is 18.2 Å². The number of carboxylic acids is 1. The number of carbonyl (C=O) groups is 1. The van der Waals surface area contributed by atoms with Gasteiger partial charge in [-0.2, -0.15) is 0 Å². The lowest BCUT2D eigenvalue weighted by molar-refractivity contribution is -0.133. The van der Waals surface area contributed by atoms with Crippen LogP contribution in [0, 0.1) is 0 Å². The monoisotopic (exact) mass is 314 g/mol. The van der Waals surface area contributed by atoms with Crippen molar-refractivity contribution in [3.63, 3.8) is 0 Å². The van der Waals surface area contributed by atoms with Gasteiger partial charge in [-0.25, -0.2) is 4.98 Å². The Morgan fingerprint density at radius 2 is 2.35 bits per heavy atom. The van der Waals surface area contributed by atoms with Gasteiger partial charge < -0.3 is 14.4 Å². The molecule has 5 nitrogen and oxygen atoms in total. The lowest BCUT2D eigenvalue weighted by atomic mass is 10.3. The highest BCUT2D eigenvalue weighted by Crippen LogP contribution is 2.26. The molecule has 108 valence electrons. The van der Waals surface area contributed by atoms with Gasteiger partial charge in [0.2, 0.25) is 0 Å². The van der Waals surface area contributed by atoms with E-state index >= 15 is 0 Å². The van der Waals surface area contributed by atoms with E-state index < -0.39 is 5.97 Å². The maximum atomic E-state index is 10.7. The Morgan fingerprint density at radius 1 is 1.55 bits per heavy atom. The lowest BCUT2D eigenvalue weighted by Crippen LogP contribution is -2.08. The fourth-order valence-electron chi connectivity index (χ4n) is 1.83. The van der Waals surface area contributed by atoms with Crippen LogP contribution in [0.5, 0.6) is 0 Å². The average molecular weight is 315 g/mol. The normalized spacial score (nSPS) is 11.1. The van der Waals surface area contributed by atoms with Crippen LogP contribution in [-0.2, 0) is 16.1 Å². The zero-order chi connectivity index (χ0) is 14.5. The zero-order valence-corrected chi connectivity index (χ0v) is 12.6. The Kier molecular flexibility index (Phi) is 5.28. The molecular weight excluding hydrogens is 300 g/mol. The van der Waals surface area contributed by atoms with Crippen molar-refractivity contribution in [2.24, 2.45) is 0 Å². The van der Waals surface area contributed by atoms with E-state index in [-0.39, 0.29) is 5.75 Å². The van der Waals surface area contributed by atoms with Crippen LogP contribution in [0.25, 0.3) is 11.0 Å². The average Bonchev–Trinajstić information content (AvgIpc) is 2.74. The number of nitrogens with zero attached hydrogens (tertiary/aromatic N) is 2. The molecule has 1 heterocycles. The number of benzene rings is 1. The third kappa shape index (κ3) is 3.65. The molecule has 0 spiro atoms. The molecule has 0 saturated heterocycles. The molecule has 0 aliphatic heterocycles. The van der Waals surface area contributed by atoms with Crippen molar-refractivity contribution in [1.82, 2.24) is 9.55 Å². The number of hydrogen-bond acceptors (Lipinski definition) is 4. The third-order valence-electron chi connectivity index (χ3n) is 2.66. The minimum atomic E-state index is -0.864. The van der Waals surface area contributed by atoms with Gasteiger partial charge in [-0.3, -0.25) is 4.79 Å². The number of imidazole rings is 1. The van der Waals surface area contributed by atoms with E-state index in [4.69, 9.17) is 21.4 Å². The van der Waals surface area contributed by atoms with Crippen molar-refractivity contribution in [3.8, 4) is 0 Å². The van der Waals surface area contributed by atoms with Gasteiger partial charge in [0.1, 0.15) is 0 Å². The van der Waals surface area contributed by atoms with Crippen molar-refractivity contribution < 1.29 is 14.6 Å². The fraction of sp³-hybridized carbons (Fsp3) is 0.385. The Hall–Kier alpha value is -1.24. The van der Waals surface area contributed by atoms with E-state index in [0.717, 1.165) is 11.0 Å². The number of halogens is 1. The smallest absolute Gasteiger partial charge is 0.313 e. The molecule has 0 amide bonds. The van der Waals surface area contributed by atoms with Crippen LogP contribution < -0.4 is 0 Å². The predicted molar refractivity (Wildman–Crippen MR) is 79.6 cm³/mol. The Morgan fingerprint density at radius 3 is 3.05 bits per heavy atom. The number of aromatic nitrogens is 2. The molecule has 0 fully saturated rings. The van der Waals surface area contributed by atoms with Crippen LogP contribution in [0.4, 0.5) is 0 Å². The van der Waals surface area contributed by atoms with Gasteiger partial charge in [0.25, 0.3) is 0 Å². The van der Waals surface area contributed by atoms with Crippen LogP contribution in [-0.4, -0.2) is 39.6 Å². The van der Waals surface area contributed by atoms with Crippen molar-refractivity contribution in [3.05, 3.63) is 23.2 Å². The van der Waals surface area contributed by atoms with Crippen molar-refractivity contribution in [2.75, 3.05) is 19.0 Å². The second-order valence-corrected chi connectivity index (χ2v) is 5.44. The predicted octanol–water partition coefficient (Wildman–Crippen LogP) is 2.90. The van der Waals surface area contributed by atoms with E-state index in [0.29, 0.717) is 29.9 Å². The first-order valence-corrected chi connectivity index (χ1v) is 7.56. The van der Waals surface area contributed by atoms with E-state index in [9.17, 15) is 4.79 Å². The highest BCUT2D eigenvalue weighted by molar-refractivity contribution is 7.99. The molecule has 20 heavy (non-hydrogen) atoms. The molecule has 1 N–H and O–H groups in total. The van der Waals surface area contributed by atoms with E-state index in [1.54, 1.807) is 12.1 Å². The molecule has 0 bridgehead atoms. The Balaban J connectivity index is 2.31. The van der Waals surface area contributed by atoms with Gasteiger partial charge in [0.05, 0.1) is 23.4 Å². The molecule has 0 radical (unpaired) electrons. The number of fused-ring (bicyclic) bond motifs is 1. The first kappa shape index (κ1) is 15.2. The largest absolute Gasteiger partial charge is 0.481 e. The lowest BCUT2D eigenvalue weighted by Gasteiger charge is -2.08. The van der Waals surface area contributed by atoms with Crippen LogP contribution in [0.2, 0.25) is 5.02 Å². The highest BCUT2D eigenvalue weighted by atomic mass is 35.5. The third-order valence-corrected chi connectivity index (χ3v) is 3.86. The zero-order valence-electron chi connectivity index (χ0n) is 11.0. The second-order valence-electron chi connectivity index (χ2n) is 4.06. The quantitative estimate of drug-likeness (QED) is 0.629. The first-order chi connectivity index (χ1) is 9.61. The Labute approximate surface area is 125 Å². The molecule has 1 aromatic carbocycles. The minimum Gasteiger partial charge on any atom is -0.481 e. The van der Waals surface area contributed by atoms with Gasteiger partial charge in [0.15, 0.2) is 5.16 Å². The maximum Gasteiger partial charge on any atom is 0.313 e. The van der Waals surface area contributed by atoms with Crippen LogP contribution in [0.3, 0.4) is 0 Å². The summed E-state index contributed by atoms with van der Waals surface area (Å²) in [5.41, 5.74) is 1.70. The summed E-state index contributed by atoms with van der Waals surface area (Å²) < 4.78 is 7.33. The molecule has 1 aromatic heterocycles. The molecule has 0 atom stereocenters. The molecule has 2 rings (SSSR count). The maximum absolute atomic E-state index is 10.7. The van der Waals surface area contributed by atoms with Crippen LogP contribution in [0.1, 0.15) is 6.92 Å². The number of rotatable bonds is 7. The summed E-state index contributed by atoms with van der Waals surface area (Å²) in [7, 11) is 0. The first-order valence-electron chi connectivity index (χ1n) is 6.20. The molecule has 2 aromatic rings. The summed E-state index contributed by atoms with van der Waals surface area (Å²) in [5.74, 6) is -0.887. The van der Waals surface area contributed by atoms with Crippen LogP contribution in [0.15, 0.2) is 23.4 Å². The van der Waals surface area contributed by atoms with Crippen molar-refractivity contribution in [1.29, 1.82) is 0 Å². The summed E-state index contributed by atoms with van der Waals surface area (Å²) in [6.07, 6.45) is 0. The standard InChI is InChI=1S/C13H15ClN2O3S/c1-2-19-6-5-16-11-4-3-9(14)7-10(11)15-13(16)20-8-12(17)18/h3-4,7H,2,5-6,8H2,1H3,(H,17,18). The summed E-state index contributed by atoms with van der Waals surface area (Å²) in [6.45, 7) is 3.78. The number of ether oxygens (including phenoxy) is 1. The van der Waals surface area contributed by atoms with Crippen molar-refractivity contribution >= 4 is 40.4 Å². The van der Waals surface area contributed by atoms with Gasteiger partial charge in [-0.05, 0) is 25.1 Å². The number of aliphatic carboxylic acids is 1. The van der Waals surface area contributed by atoms with Gasteiger partial charge >= 0.3 is 5.97 Å². The van der Waals surface area contributed by atoms with E-state index in [1.807, 2.05) is 17.6 Å². The molecule has 7 heteroatoms. The molecular formula is C13H15ClN2O3S. The minimum absolute atomic E-state index is 0.0221. The SMILES string of the molecule is CCOCCn1c(SCC(=O)O)nc2cc(Cl)ccc21. The van der Waals surface area contributed by atoms with Crippen molar-refractivity contribution in [2.45, 2.75) is 18.6 Å². The van der Waals surface area contributed by atoms with Gasteiger partial charge in [-0.1, -0.05) is 23.4 Å². The van der Waals surface area contributed by atoms with E-state index in [1.165, 1.54) is 11.8 Å². The number of carboxylic acid groups (broad SMARTS) is 1. The second kappa shape index (κ2) is 6.97. The topological polar surface area (TPSA) is 64.3 Å². The fourth-order valence-corrected chi connectivity index (χ4v) is 2.76. The summed E-state index contributed by atoms with van der Waals surface area (Å²) in [6, 6.07) is 5.47. The summed E-state index contributed by atoms with van der Waals surface area (Å²) in [4.78, 5) is 15.2.